The van der Waals surface area contributed by atoms with E-state index in [1.165, 1.54) is 93.6 Å². The molecule has 12 rings (SSSR count). The average molecular weight is 650 g/mol. The van der Waals surface area contributed by atoms with Gasteiger partial charge in [0.25, 0.3) is 0 Å². The number of rotatable bonds is 2. The maximum atomic E-state index is 6.94. The van der Waals surface area contributed by atoms with Crippen molar-refractivity contribution in [2.24, 2.45) is 0 Å². The number of fused-ring (bicyclic) bond motifs is 15. The Kier molecular flexibility index (Phi) is 5.08. The van der Waals surface area contributed by atoms with Crippen LogP contribution in [0.5, 0.6) is 0 Å². The third-order valence-corrected chi connectivity index (χ3v) is 11.9. The van der Waals surface area contributed by atoms with Crippen LogP contribution in [0.25, 0.3) is 105 Å². The summed E-state index contributed by atoms with van der Waals surface area (Å²) in [6.45, 7) is 4.71. The summed E-state index contributed by atoms with van der Waals surface area (Å²) in [7, 11) is 0. The molecular formula is C49H31NO. The van der Waals surface area contributed by atoms with E-state index in [4.69, 9.17) is 4.42 Å². The lowest BCUT2D eigenvalue weighted by Crippen LogP contribution is -2.15. The van der Waals surface area contributed by atoms with Crippen LogP contribution in [0.1, 0.15) is 25.0 Å². The van der Waals surface area contributed by atoms with E-state index in [9.17, 15) is 0 Å². The van der Waals surface area contributed by atoms with Gasteiger partial charge in [0, 0.05) is 32.8 Å². The maximum absolute atomic E-state index is 6.94. The molecule has 0 atom stereocenters. The summed E-state index contributed by atoms with van der Waals surface area (Å²) >= 11 is 0. The highest BCUT2D eigenvalue weighted by molar-refractivity contribution is 6.31. The van der Waals surface area contributed by atoms with Gasteiger partial charge in [0.2, 0.25) is 0 Å². The predicted octanol–water partition coefficient (Wildman–Crippen LogP) is 13.5. The van der Waals surface area contributed by atoms with Crippen molar-refractivity contribution in [3.05, 3.63) is 163 Å². The van der Waals surface area contributed by atoms with E-state index in [0.29, 0.717) is 0 Å². The minimum absolute atomic E-state index is 0.217. The minimum atomic E-state index is -0.217. The molecule has 0 aliphatic heterocycles. The normalized spacial score (nSPS) is 13.8. The summed E-state index contributed by atoms with van der Waals surface area (Å²) in [6, 6.07) is 55.8. The van der Waals surface area contributed by atoms with Crippen molar-refractivity contribution >= 4 is 54.5 Å². The lowest BCUT2D eigenvalue weighted by atomic mass is 9.81. The summed E-state index contributed by atoms with van der Waals surface area (Å²) in [5, 5.41) is 7.54. The van der Waals surface area contributed by atoms with Crippen LogP contribution in [0, 0.1) is 0 Å². The Morgan fingerprint density at radius 1 is 0.490 bits per heavy atom. The van der Waals surface area contributed by atoms with Crippen LogP contribution in [-0.2, 0) is 5.41 Å². The van der Waals surface area contributed by atoms with Gasteiger partial charge in [-0.2, -0.15) is 0 Å². The van der Waals surface area contributed by atoms with Gasteiger partial charge in [-0.05, 0) is 85.1 Å². The number of para-hydroxylation sites is 2. The fraction of sp³-hybridized carbons (Fsp3) is 0.0612. The average Bonchev–Trinajstić information content (AvgIpc) is 3.88. The van der Waals surface area contributed by atoms with E-state index in [1.54, 1.807) is 0 Å². The molecule has 0 radical (unpaired) electrons. The van der Waals surface area contributed by atoms with Crippen LogP contribution in [0.4, 0.5) is 0 Å². The topological polar surface area (TPSA) is 18.1 Å². The zero-order valence-electron chi connectivity index (χ0n) is 28.3. The largest absolute Gasteiger partial charge is 0.456 e. The summed E-state index contributed by atoms with van der Waals surface area (Å²) in [5.41, 5.74) is 18.2. The van der Waals surface area contributed by atoms with Gasteiger partial charge in [0.05, 0.1) is 16.4 Å². The second-order valence-electron chi connectivity index (χ2n) is 14.8. The Labute approximate surface area is 294 Å². The van der Waals surface area contributed by atoms with Gasteiger partial charge in [-0.3, -0.25) is 0 Å². The maximum Gasteiger partial charge on any atom is 0.142 e. The van der Waals surface area contributed by atoms with Gasteiger partial charge in [-0.1, -0.05) is 141 Å². The minimum Gasteiger partial charge on any atom is -0.456 e. The van der Waals surface area contributed by atoms with Crippen LogP contribution < -0.4 is 0 Å². The molecule has 2 aliphatic rings. The monoisotopic (exact) mass is 649 g/mol. The molecule has 2 aliphatic carbocycles. The molecule has 2 nitrogen and oxygen atoms in total. The Balaban J connectivity index is 1.21. The van der Waals surface area contributed by atoms with Crippen molar-refractivity contribution in [2.75, 3.05) is 0 Å². The first kappa shape index (κ1) is 27.4. The summed E-state index contributed by atoms with van der Waals surface area (Å²) in [6.07, 6.45) is 0. The Morgan fingerprint density at radius 3 is 2.00 bits per heavy atom. The van der Waals surface area contributed by atoms with E-state index in [1.807, 2.05) is 0 Å². The third-order valence-electron chi connectivity index (χ3n) is 11.9. The van der Waals surface area contributed by atoms with Crippen LogP contribution in [0.3, 0.4) is 0 Å². The molecule has 10 aromatic rings. The van der Waals surface area contributed by atoms with Crippen molar-refractivity contribution in [3.63, 3.8) is 0 Å². The first-order chi connectivity index (χ1) is 25.1. The number of nitrogens with zero attached hydrogens (tertiary/aromatic N) is 1. The standard InChI is InChI=1S/C49H31NO/c1-49(2)39-22-8-5-17-36(39)43-44-37-18-6-9-23-40(37)50(47(44)45-38-19-7-10-24-41(38)51-48(45)46(43)49)29-14-11-13-28(27-29)30-25-26-35-32-16-4-3-15-31(32)34-21-12-20-33(30)42(34)35/h3-27H,1-2H3. The molecule has 0 saturated carbocycles. The lowest BCUT2D eigenvalue weighted by molar-refractivity contribution is 0.620. The molecule has 0 N–H and O–H groups in total. The Bertz CT molecular complexity index is 3140. The molecule has 0 bridgehead atoms. The Morgan fingerprint density at radius 2 is 1.14 bits per heavy atom. The molecule has 0 fully saturated rings. The first-order valence-corrected chi connectivity index (χ1v) is 17.9. The van der Waals surface area contributed by atoms with Gasteiger partial charge in [-0.15, -0.1) is 0 Å². The van der Waals surface area contributed by atoms with E-state index in [0.717, 1.165) is 22.2 Å². The predicted molar refractivity (Wildman–Crippen MR) is 213 cm³/mol. The number of aromatic nitrogens is 1. The number of furan rings is 1. The van der Waals surface area contributed by atoms with E-state index < -0.39 is 0 Å². The second-order valence-corrected chi connectivity index (χ2v) is 14.8. The van der Waals surface area contributed by atoms with Crippen LogP contribution in [0.2, 0.25) is 0 Å². The van der Waals surface area contributed by atoms with Gasteiger partial charge >= 0.3 is 0 Å². The molecule has 2 heteroatoms. The molecule has 51 heavy (non-hydrogen) atoms. The van der Waals surface area contributed by atoms with Gasteiger partial charge < -0.3 is 8.98 Å². The molecule has 0 spiro atoms. The highest BCUT2D eigenvalue weighted by Gasteiger charge is 2.41. The zero-order valence-corrected chi connectivity index (χ0v) is 28.3. The fourth-order valence-electron chi connectivity index (χ4n) is 9.81. The van der Waals surface area contributed by atoms with Crippen molar-refractivity contribution in [1.29, 1.82) is 0 Å². The first-order valence-electron chi connectivity index (χ1n) is 17.9. The van der Waals surface area contributed by atoms with Crippen molar-refractivity contribution < 1.29 is 4.42 Å². The second kappa shape index (κ2) is 9.44. The molecule has 2 heterocycles. The van der Waals surface area contributed by atoms with Crippen molar-refractivity contribution in [1.82, 2.24) is 4.57 Å². The number of hydrogen-bond acceptors (Lipinski definition) is 1. The van der Waals surface area contributed by atoms with E-state index in [2.05, 4.69) is 170 Å². The number of hydrogen-bond donors (Lipinski definition) is 0. The van der Waals surface area contributed by atoms with E-state index >= 15 is 0 Å². The van der Waals surface area contributed by atoms with Crippen LogP contribution in [-0.4, -0.2) is 4.57 Å². The van der Waals surface area contributed by atoms with E-state index in [-0.39, 0.29) is 5.41 Å². The van der Waals surface area contributed by atoms with Crippen LogP contribution >= 0.6 is 0 Å². The van der Waals surface area contributed by atoms with Gasteiger partial charge in [0.15, 0.2) is 0 Å². The van der Waals surface area contributed by atoms with Crippen LogP contribution in [0.15, 0.2) is 156 Å². The molecule has 8 aromatic carbocycles. The smallest absolute Gasteiger partial charge is 0.142 e. The molecular weight excluding hydrogens is 619 g/mol. The number of benzene rings is 8. The molecule has 0 amide bonds. The van der Waals surface area contributed by atoms with Crippen molar-refractivity contribution in [3.8, 4) is 50.2 Å². The zero-order chi connectivity index (χ0) is 33.6. The lowest BCUT2D eigenvalue weighted by Gasteiger charge is -2.22. The van der Waals surface area contributed by atoms with Gasteiger partial charge in [0.1, 0.15) is 11.2 Å². The SMILES string of the molecule is CC1(C)c2ccccc2-c2c1c1oc3ccccc3c1c1c2c2ccccc2n1-c1cccc(-c2ccc3c4c(cccc24)-c2ccccc2-3)c1. The summed E-state index contributed by atoms with van der Waals surface area (Å²) < 4.78 is 9.44. The molecule has 0 unspecified atom stereocenters. The highest BCUT2D eigenvalue weighted by atomic mass is 16.3. The highest BCUT2D eigenvalue weighted by Crippen LogP contribution is 2.58. The fourth-order valence-corrected chi connectivity index (χ4v) is 9.81. The molecule has 0 saturated heterocycles. The summed E-state index contributed by atoms with van der Waals surface area (Å²) in [4.78, 5) is 0. The quantitative estimate of drug-likeness (QED) is 0.182. The summed E-state index contributed by atoms with van der Waals surface area (Å²) in [5.74, 6) is 0. The third kappa shape index (κ3) is 3.33. The Hall–Kier alpha value is -6.38. The van der Waals surface area contributed by atoms with Crippen molar-refractivity contribution in [2.45, 2.75) is 19.3 Å². The van der Waals surface area contributed by atoms with Gasteiger partial charge in [-0.25, -0.2) is 0 Å². The molecule has 2 aromatic heterocycles. The molecule has 238 valence electrons.